The van der Waals surface area contributed by atoms with Crippen molar-refractivity contribution in [1.29, 1.82) is 0 Å². The summed E-state index contributed by atoms with van der Waals surface area (Å²) in [6.45, 7) is 8.59. The lowest BCUT2D eigenvalue weighted by atomic mass is 10.2. The van der Waals surface area contributed by atoms with E-state index in [9.17, 15) is 0 Å². The van der Waals surface area contributed by atoms with Crippen LogP contribution in [0, 0.1) is 0 Å². The Bertz CT molecular complexity index is 132. The average molecular weight is 154 g/mol. The standard InChI is InChI=1S/C9H18N2/c1-8-3-4-9(2)11(8)7-10-5-6-10/h8-9H,3-7H2,1-2H3. The van der Waals surface area contributed by atoms with Crippen LogP contribution in [-0.4, -0.2) is 41.6 Å². The molecule has 0 amide bonds. The van der Waals surface area contributed by atoms with Crippen molar-refractivity contribution in [3.8, 4) is 0 Å². The molecule has 0 aliphatic carbocycles. The van der Waals surface area contributed by atoms with E-state index < -0.39 is 0 Å². The molecule has 11 heavy (non-hydrogen) atoms. The summed E-state index contributed by atoms with van der Waals surface area (Å²) in [7, 11) is 0. The zero-order chi connectivity index (χ0) is 7.84. The highest BCUT2D eigenvalue weighted by molar-refractivity contribution is 4.84. The van der Waals surface area contributed by atoms with E-state index in [0.29, 0.717) is 0 Å². The molecule has 2 rings (SSSR count). The molecule has 0 aromatic heterocycles. The lowest BCUT2D eigenvalue weighted by Gasteiger charge is -2.25. The van der Waals surface area contributed by atoms with Crippen LogP contribution >= 0.6 is 0 Å². The highest BCUT2D eigenvalue weighted by atomic mass is 15.4. The normalized spacial score (nSPS) is 39.8. The monoisotopic (exact) mass is 154 g/mol. The predicted molar refractivity (Wildman–Crippen MR) is 46.4 cm³/mol. The maximum Gasteiger partial charge on any atom is 0.0512 e. The molecule has 2 aliphatic rings. The molecule has 2 aliphatic heterocycles. The Hall–Kier alpha value is -0.0800. The molecular formula is C9H18N2. The van der Waals surface area contributed by atoms with Crippen molar-refractivity contribution in [2.75, 3.05) is 19.8 Å². The smallest absolute Gasteiger partial charge is 0.0512 e. The van der Waals surface area contributed by atoms with Crippen LogP contribution in [0.3, 0.4) is 0 Å². The van der Waals surface area contributed by atoms with Crippen LogP contribution in [0.2, 0.25) is 0 Å². The van der Waals surface area contributed by atoms with Crippen molar-refractivity contribution < 1.29 is 0 Å². The van der Waals surface area contributed by atoms with Crippen LogP contribution < -0.4 is 0 Å². The first kappa shape index (κ1) is 7.56. The van der Waals surface area contributed by atoms with Crippen molar-refractivity contribution in [3.63, 3.8) is 0 Å². The predicted octanol–water partition coefficient (Wildman–Crippen LogP) is 1.13. The third-order valence-electron chi connectivity index (χ3n) is 3.04. The Balaban J connectivity index is 1.87. The topological polar surface area (TPSA) is 6.25 Å². The maximum absolute atomic E-state index is 2.63. The molecule has 0 radical (unpaired) electrons. The highest BCUT2D eigenvalue weighted by Gasteiger charge is 2.30. The zero-order valence-corrected chi connectivity index (χ0v) is 7.58. The van der Waals surface area contributed by atoms with Gasteiger partial charge in [0.1, 0.15) is 0 Å². The second-order valence-corrected chi connectivity index (χ2v) is 4.05. The van der Waals surface area contributed by atoms with E-state index in [0.717, 1.165) is 12.1 Å². The Morgan fingerprint density at radius 3 is 2.09 bits per heavy atom. The molecule has 64 valence electrons. The van der Waals surface area contributed by atoms with E-state index >= 15 is 0 Å². The molecule has 0 aromatic carbocycles. The zero-order valence-electron chi connectivity index (χ0n) is 7.58. The minimum absolute atomic E-state index is 0.825. The summed E-state index contributed by atoms with van der Waals surface area (Å²) in [6, 6.07) is 1.65. The summed E-state index contributed by atoms with van der Waals surface area (Å²) in [4.78, 5) is 5.13. The van der Waals surface area contributed by atoms with Crippen molar-refractivity contribution in [3.05, 3.63) is 0 Å². The summed E-state index contributed by atoms with van der Waals surface area (Å²) in [5.74, 6) is 0. The lowest BCUT2D eigenvalue weighted by Crippen LogP contribution is -2.36. The van der Waals surface area contributed by atoms with Gasteiger partial charge in [-0.05, 0) is 26.7 Å². The Morgan fingerprint density at radius 2 is 1.64 bits per heavy atom. The second-order valence-electron chi connectivity index (χ2n) is 4.05. The third kappa shape index (κ3) is 1.57. The van der Waals surface area contributed by atoms with Gasteiger partial charge in [0.25, 0.3) is 0 Å². The van der Waals surface area contributed by atoms with Crippen LogP contribution in [0.15, 0.2) is 0 Å². The van der Waals surface area contributed by atoms with Crippen molar-refractivity contribution in [2.45, 2.75) is 38.8 Å². The van der Waals surface area contributed by atoms with Crippen molar-refractivity contribution >= 4 is 0 Å². The number of nitrogens with zero attached hydrogens (tertiary/aromatic N) is 2. The van der Waals surface area contributed by atoms with Crippen LogP contribution in [0.4, 0.5) is 0 Å². The lowest BCUT2D eigenvalue weighted by molar-refractivity contribution is 0.164. The van der Waals surface area contributed by atoms with Gasteiger partial charge in [-0.15, -0.1) is 0 Å². The molecule has 0 spiro atoms. The molecular weight excluding hydrogens is 136 g/mol. The first-order valence-corrected chi connectivity index (χ1v) is 4.75. The van der Waals surface area contributed by atoms with E-state index in [4.69, 9.17) is 0 Å². The van der Waals surface area contributed by atoms with Gasteiger partial charge in [-0.1, -0.05) is 0 Å². The van der Waals surface area contributed by atoms with Gasteiger partial charge >= 0.3 is 0 Å². The molecule has 2 saturated heterocycles. The molecule has 0 N–H and O–H groups in total. The van der Waals surface area contributed by atoms with Gasteiger partial charge < -0.3 is 0 Å². The van der Waals surface area contributed by atoms with Gasteiger partial charge in [-0.3, -0.25) is 9.80 Å². The number of hydrogen-bond acceptors (Lipinski definition) is 2. The summed E-state index contributed by atoms with van der Waals surface area (Å²) in [5.41, 5.74) is 0. The SMILES string of the molecule is CC1CCC(C)N1CN1CC1. The van der Waals surface area contributed by atoms with E-state index in [-0.39, 0.29) is 0 Å². The fraction of sp³-hybridized carbons (Fsp3) is 1.00. The highest BCUT2D eigenvalue weighted by Crippen LogP contribution is 2.24. The first-order chi connectivity index (χ1) is 5.27. The minimum Gasteiger partial charge on any atom is -0.288 e. The summed E-state index contributed by atoms with van der Waals surface area (Å²) >= 11 is 0. The van der Waals surface area contributed by atoms with Gasteiger partial charge in [-0.25, -0.2) is 0 Å². The summed E-state index contributed by atoms with van der Waals surface area (Å²) in [5, 5.41) is 0. The van der Waals surface area contributed by atoms with Gasteiger partial charge in [0.15, 0.2) is 0 Å². The van der Waals surface area contributed by atoms with Gasteiger partial charge in [-0.2, -0.15) is 0 Å². The Morgan fingerprint density at radius 1 is 1.09 bits per heavy atom. The fourth-order valence-electron chi connectivity index (χ4n) is 1.97. The molecule has 0 bridgehead atoms. The number of likely N-dealkylation sites (tertiary alicyclic amines) is 1. The van der Waals surface area contributed by atoms with Crippen LogP contribution in [0.1, 0.15) is 26.7 Å². The molecule has 0 aromatic rings. The van der Waals surface area contributed by atoms with Crippen LogP contribution in [0.5, 0.6) is 0 Å². The summed E-state index contributed by atoms with van der Waals surface area (Å²) in [6.07, 6.45) is 2.80. The van der Waals surface area contributed by atoms with Crippen molar-refractivity contribution in [1.82, 2.24) is 9.80 Å². The molecule has 2 heterocycles. The van der Waals surface area contributed by atoms with Gasteiger partial charge in [0.05, 0.1) is 6.67 Å². The third-order valence-corrected chi connectivity index (χ3v) is 3.04. The minimum atomic E-state index is 0.825. The number of hydrogen-bond donors (Lipinski definition) is 0. The Kier molecular flexibility index (Phi) is 1.90. The average Bonchev–Trinajstić information content (AvgIpc) is 2.73. The Labute approximate surface area is 69.2 Å². The number of rotatable bonds is 2. The van der Waals surface area contributed by atoms with E-state index in [1.54, 1.807) is 0 Å². The quantitative estimate of drug-likeness (QED) is 0.550. The second kappa shape index (κ2) is 2.76. The van der Waals surface area contributed by atoms with E-state index in [1.807, 2.05) is 0 Å². The van der Waals surface area contributed by atoms with Crippen LogP contribution in [-0.2, 0) is 0 Å². The van der Waals surface area contributed by atoms with Gasteiger partial charge in [0.2, 0.25) is 0 Å². The van der Waals surface area contributed by atoms with Crippen molar-refractivity contribution in [2.24, 2.45) is 0 Å². The molecule has 2 heteroatoms. The fourth-order valence-corrected chi connectivity index (χ4v) is 1.97. The molecule has 2 nitrogen and oxygen atoms in total. The summed E-state index contributed by atoms with van der Waals surface area (Å²) < 4.78 is 0. The molecule has 2 atom stereocenters. The van der Waals surface area contributed by atoms with Gasteiger partial charge in [0, 0.05) is 25.2 Å². The first-order valence-electron chi connectivity index (χ1n) is 4.75. The largest absolute Gasteiger partial charge is 0.288 e. The van der Waals surface area contributed by atoms with Crippen LogP contribution in [0.25, 0.3) is 0 Å². The van der Waals surface area contributed by atoms with E-state index in [2.05, 4.69) is 23.6 Å². The molecule has 0 saturated carbocycles. The molecule has 2 unspecified atom stereocenters. The molecule has 2 fully saturated rings. The maximum atomic E-state index is 2.63. The van der Waals surface area contributed by atoms with E-state index in [1.165, 1.54) is 32.6 Å².